The number of benzene rings is 1. The molecule has 2 aromatic heterocycles. The van der Waals surface area contributed by atoms with Crippen LogP contribution in [0.3, 0.4) is 0 Å². The maximum atomic E-state index is 12.8. The average molecular weight is 586 g/mol. The van der Waals surface area contributed by atoms with E-state index in [-0.39, 0.29) is 31.2 Å². The van der Waals surface area contributed by atoms with E-state index in [1.54, 1.807) is 51.8 Å². The summed E-state index contributed by atoms with van der Waals surface area (Å²) in [6.45, 7) is 2.35. The van der Waals surface area contributed by atoms with Crippen molar-refractivity contribution in [1.82, 2.24) is 19.4 Å². The van der Waals surface area contributed by atoms with Crippen LogP contribution in [-0.4, -0.2) is 106 Å². The molecule has 0 radical (unpaired) electrons. The number of likely N-dealkylation sites (N-methyl/N-ethyl adjacent to an activating group) is 2. The van der Waals surface area contributed by atoms with Crippen LogP contribution >= 0.6 is 0 Å². The first-order chi connectivity index (χ1) is 20.2. The van der Waals surface area contributed by atoms with E-state index in [1.807, 2.05) is 30.1 Å². The van der Waals surface area contributed by atoms with E-state index in [9.17, 15) is 14.4 Å². The topological polar surface area (TPSA) is 148 Å². The predicted octanol–water partition coefficient (Wildman–Crippen LogP) is 1.64. The highest BCUT2D eigenvalue weighted by Crippen LogP contribution is 2.37. The fourth-order valence-electron chi connectivity index (χ4n) is 4.36. The highest BCUT2D eigenvalue weighted by molar-refractivity contribution is 5.95. The van der Waals surface area contributed by atoms with Crippen molar-refractivity contribution in [3.63, 3.8) is 0 Å². The lowest BCUT2D eigenvalue weighted by Gasteiger charge is -2.24. The minimum Gasteiger partial charge on any atom is -0.496 e. The third-order valence-corrected chi connectivity index (χ3v) is 6.58. The summed E-state index contributed by atoms with van der Waals surface area (Å²) in [5.74, 6) is 1.13. The molecule has 0 aliphatic rings. The lowest BCUT2D eigenvalue weighted by molar-refractivity contribution is -0.131. The Morgan fingerprint density at radius 1 is 0.976 bits per heavy atom. The summed E-state index contributed by atoms with van der Waals surface area (Å²) in [4.78, 5) is 43.5. The van der Waals surface area contributed by atoms with Gasteiger partial charge in [0, 0.05) is 51.3 Å². The van der Waals surface area contributed by atoms with Gasteiger partial charge in [-0.2, -0.15) is 0 Å². The van der Waals surface area contributed by atoms with Gasteiger partial charge in [0.2, 0.25) is 5.91 Å². The molecule has 2 heterocycles. The second-order valence-electron chi connectivity index (χ2n) is 9.62. The number of aryl methyl sites for hydroxylation is 1. The van der Waals surface area contributed by atoms with Gasteiger partial charge in [0.05, 0.1) is 58.1 Å². The van der Waals surface area contributed by atoms with Gasteiger partial charge in [0.15, 0.2) is 0 Å². The fraction of sp³-hybridized carbons (Fsp3) is 0.448. The van der Waals surface area contributed by atoms with Gasteiger partial charge in [-0.1, -0.05) is 0 Å². The minimum atomic E-state index is -0.839. The lowest BCUT2D eigenvalue weighted by Crippen LogP contribution is -2.38. The standard InChI is InChI=1S/C29H39N5O8/c1-32(19-27(35)33(2)8-9-40-10-11-41-12-13-42-29(30)37)17-24-25(38-4)14-20(15-26(24)39-5)23-18-34(3)28(36)22-16-31-7-6-21(22)23/h6-7,14-16,18H,8-13,17,19H2,1-5H3,(H2,30,37). The number of methoxy groups -OCH3 is 2. The highest BCUT2D eigenvalue weighted by Gasteiger charge is 2.19. The zero-order chi connectivity index (χ0) is 30.6. The molecule has 2 amide bonds. The maximum absolute atomic E-state index is 12.8. The van der Waals surface area contributed by atoms with Gasteiger partial charge in [-0.15, -0.1) is 0 Å². The number of rotatable bonds is 16. The van der Waals surface area contributed by atoms with Gasteiger partial charge in [-0.3, -0.25) is 19.5 Å². The van der Waals surface area contributed by atoms with E-state index >= 15 is 0 Å². The molecule has 2 N–H and O–H groups in total. The molecular formula is C29H39N5O8. The van der Waals surface area contributed by atoms with Crippen LogP contribution < -0.4 is 20.8 Å². The molecule has 13 nitrogen and oxygen atoms in total. The number of nitrogens with two attached hydrogens (primary N) is 1. The van der Waals surface area contributed by atoms with Gasteiger partial charge in [-0.25, -0.2) is 4.79 Å². The predicted molar refractivity (Wildman–Crippen MR) is 157 cm³/mol. The molecule has 0 saturated heterocycles. The third kappa shape index (κ3) is 8.65. The number of carbonyl (C=O) groups excluding carboxylic acids is 2. The molecule has 42 heavy (non-hydrogen) atoms. The number of nitrogens with zero attached hydrogens (tertiary/aromatic N) is 4. The Labute approximate surface area is 244 Å². The smallest absolute Gasteiger partial charge is 0.404 e. The molecule has 0 unspecified atom stereocenters. The molecule has 13 heteroatoms. The maximum Gasteiger partial charge on any atom is 0.404 e. The highest BCUT2D eigenvalue weighted by atomic mass is 16.6. The number of carbonyl (C=O) groups is 2. The minimum absolute atomic E-state index is 0.0687. The van der Waals surface area contributed by atoms with E-state index < -0.39 is 6.09 Å². The van der Waals surface area contributed by atoms with Crippen LogP contribution in [0.5, 0.6) is 11.5 Å². The average Bonchev–Trinajstić information content (AvgIpc) is 2.97. The summed E-state index contributed by atoms with van der Waals surface area (Å²) >= 11 is 0. The number of amides is 2. The van der Waals surface area contributed by atoms with Crippen molar-refractivity contribution in [3.8, 4) is 22.6 Å². The first kappa shape index (κ1) is 32.3. The number of hydrogen-bond donors (Lipinski definition) is 1. The van der Waals surface area contributed by atoms with E-state index in [0.29, 0.717) is 49.8 Å². The van der Waals surface area contributed by atoms with Crippen molar-refractivity contribution >= 4 is 22.8 Å². The summed E-state index contributed by atoms with van der Waals surface area (Å²) in [6.07, 6.45) is 4.18. The van der Waals surface area contributed by atoms with Crippen LogP contribution in [0.4, 0.5) is 4.79 Å². The second kappa shape index (κ2) is 15.7. The fourth-order valence-corrected chi connectivity index (χ4v) is 4.36. The Morgan fingerprint density at radius 3 is 2.26 bits per heavy atom. The molecule has 1 aromatic carbocycles. The number of pyridine rings is 2. The van der Waals surface area contributed by atoms with Crippen LogP contribution in [0.1, 0.15) is 5.56 Å². The molecule has 0 atom stereocenters. The van der Waals surface area contributed by atoms with Gasteiger partial charge >= 0.3 is 6.09 Å². The number of ether oxygens (including phenoxy) is 5. The third-order valence-electron chi connectivity index (χ3n) is 6.58. The molecule has 0 aliphatic carbocycles. The molecule has 0 fully saturated rings. The summed E-state index contributed by atoms with van der Waals surface area (Å²) in [5, 5.41) is 1.30. The van der Waals surface area contributed by atoms with E-state index in [1.165, 1.54) is 4.57 Å². The molecule has 0 saturated carbocycles. The van der Waals surface area contributed by atoms with Gasteiger partial charge in [-0.05, 0) is 36.2 Å². The zero-order valence-electron chi connectivity index (χ0n) is 24.8. The summed E-state index contributed by atoms with van der Waals surface area (Å²) in [5.41, 5.74) is 7.20. The Morgan fingerprint density at radius 2 is 1.62 bits per heavy atom. The normalized spacial score (nSPS) is 11.1. The van der Waals surface area contributed by atoms with Crippen LogP contribution in [0.2, 0.25) is 0 Å². The van der Waals surface area contributed by atoms with Gasteiger partial charge in [0.25, 0.3) is 5.56 Å². The van der Waals surface area contributed by atoms with Crippen molar-refractivity contribution in [2.24, 2.45) is 12.8 Å². The Kier molecular flexibility index (Phi) is 12.1. The molecule has 0 aliphatic heterocycles. The molecule has 3 aromatic rings. The first-order valence-corrected chi connectivity index (χ1v) is 13.3. The van der Waals surface area contributed by atoms with Crippen molar-refractivity contribution < 1.29 is 33.3 Å². The Hall–Kier alpha value is -4.20. The lowest BCUT2D eigenvalue weighted by atomic mass is 9.99. The molecule has 228 valence electrons. The Bertz CT molecular complexity index is 1400. The summed E-state index contributed by atoms with van der Waals surface area (Å²) < 4.78 is 28.4. The van der Waals surface area contributed by atoms with Crippen molar-refractivity contribution in [3.05, 3.63) is 52.7 Å². The molecular weight excluding hydrogens is 546 g/mol. The number of primary amides is 1. The first-order valence-electron chi connectivity index (χ1n) is 13.3. The zero-order valence-corrected chi connectivity index (χ0v) is 24.8. The molecule has 0 bridgehead atoms. The van der Waals surface area contributed by atoms with Crippen LogP contribution in [0.15, 0.2) is 41.6 Å². The largest absolute Gasteiger partial charge is 0.496 e. The van der Waals surface area contributed by atoms with Gasteiger partial charge in [0.1, 0.15) is 18.1 Å². The van der Waals surface area contributed by atoms with Crippen molar-refractivity contribution in [2.75, 3.05) is 74.4 Å². The number of fused-ring (bicyclic) bond motifs is 1. The van der Waals surface area contributed by atoms with E-state index in [2.05, 4.69) is 9.72 Å². The summed E-state index contributed by atoms with van der Waals surface area (Å²) in [7, 11) is 8.45. The van der Waals surface area contributed by atoms with Crippen LogP contribution in [-0.2, 0) is 32.6 Å². The SMILES string of the molecule is COc1cc(-c2cn(C)c(=O)c3cnccc23)cc(OC)c1CN(C)CC(=O)N(C)CCOCCOCCOC(N)=O. The van der Waals surface area contributed by atoms with E-state index in [0.717, 1.165) is 22.1 Å². The number of aromatic nitrogens is 2. The van der Waals surface area contributed by atoms with Crippen molar-refractivity contribution in [2.45, 2.75) is 6.54 Å². The molecule has 0 spiro atoms. The second-order valence-corrected chi connectivity index (χ2v) is 9.62. The van der Waals surface area contributed by atoms with Gasteiger partial charge < -0.3 is 38.9 Å². The van der Waals surface area contributed by atoms with Crippen LogP contribution in [0.25, 0.3) is 21.9 Å². The van der Waals surface area contributed by atoms with Crippen LogP contribution in [0, 0.1) is 0 Å². The quantitative estimate of drug-likeness (QED) is 0.246. The number of hydrogen-bond acceptors (Lipinski definition) is 10. The van der Waals surface area contributed by atoms with Crippen molar-refractivity contribution in [1.29, 1.82) is 0 Å². The summed E-state index contributed by atoms with van der Waals surface area (Å²) in [6, 6.07) is 5.63. The Balaban J connectivity index is 1.60. The molecule has 3 rings (SSSR count). The monoisotopic (exact) mass is 585 g/mol. The van der Waals surface area contributed by atoms with E-state index in [4.69, 9.17) is 24.7 Å².